The summed E-state index contributed by atoms with van der Waals surface area (Å²) >= 11 is 0. The Labute approximate surface area is 105 Å². The zero-order valence-corrected chi connectivity index (χ0v) is 9.93. The van der Waals surface area contributed by atoms with Crippen molar-refractivity contribution >= 4 is 16.7 Å². The molecule has 0 saturated heterocycles. The van der Waals surface area contributed by atoms with Crippen LogP contribution in [0.15, 0.2) is 42.6 Å². The number of H-pyrrole nitrogens is 1. The van der Waals surface area contributed by atoms with E-state index in [2.05, 4.69) is 39.6 Å². The maximum Gasteiger partial charge on any atom is 0.146 e. The van der Waals surface area contributed by atoms with Gasteiger partial charge in [-0.3, -0.25) is 0 Å². The number of para-hydroxylation sites is 1. The van der Waals surface area contributed by atoms with Gasteiger partial charge in [-0.05, 0) is 36.6 Å². The van der Waals surface area contributed by atoms with Gasteiger partial charge in [-0.1, -0.05) is 18.2 Å². The van der Waals surface area contributed by atoms with Gasteiger partial charge in [-0.15, -0.1) is 5.10 Å². The molecule has 0 atom stereocenters. The van der Waals surface area contributed by atoms with Gasteiger partial charge in [0.1, 0.15) is 5.82 Å². The molecule has 0 amide bonds. The number of aromatic amines is 1. The van der Waals surface area contributed by atoms with Crippen molar-refractivity contribution in [1.82, 2.24) is 15.2 Å². The Morgan fingerprint density at radius 2 is 1.89 bits per heavy atom. The molecule has 0 aliphatic heterocycles. The molecule has 0 aliphatic rings. The maximum absolute atomic E-state index is 5.51. The average Bonchev–Trinajstić information content (AvgIpc) is 2.82. The summed E-state index contributed by atoms with van der Waals surface area (Å²) in [5.41, 5.74) is 8.97. The van der Waals surface area contributed by atoms with Crippen LogP contribution in [-0.2, 0) is 12.8 Å². The summed E-state index contributed by atoms with van der Waals surface area (Å²) in [5.74, 6) is 0.464. The standard InChI is InChI=1S/C14H14N4/c15-14-8-7-11(17-18-14)6-5-10-9-16-13-4-2-1-3-12(10)13/h1-4,7-9,16H,5-6H2,(H2,15,18). The predicted molar refractivity (Wildman–Crippen MR) is 72.2 cm³/mol. The van der Waals surface area contributed by atoms with E-state index in [-0.39, 0.29) is 0 Å². The molecule has 0 bridgehead atoms. The third-order valence-electron chi connectivity index (χ3n) is 3.07. The molecule has 2 heterocycles. The molecule has 0 spiro atoms. The van der Waals surface area contributed by atoms with Crippen LogP contribution in [0, 0.1) is 0 Å². The molecule has 0 aliphatic carbocycles. The highest BCUT2D eigenvalue weighted by Gasteiger charge is 2.04. The Hall–Kier alpha value is -2.36. The summed E-state index contributed by atoms with van der Waals surface area (Å²) in [6.07, 6.45) is 3.88. The number of hydrogen-bond donors (Lipinski definition) is 2. The number of anilines is 1. The van der Waals surface area contributed by atoms with E-state index in [4.69, 9.17) is 5.73 Å². The van der Waals surface area contributed by atoms with Gasteiger partial charge in [0.15, 0.2) is 0 Å². The molecule has 1 aromatic carbocycles. The van der Waals surface area contributed by atoms with E-state index in [0.29, 0.717) is 5.82 Å². The van der Waals surface area contributed by atoms with Crippen molar-refractivity contribution in [2.75, 3.05) is 5.73 Å². The maximum atomic E-state index is 5.51. The van der Waals surface area contributed by atoms with Gasteiger partial charge < -0.3 is 10.7 Å². The first-order valence-corrected chi connectivity index (χ1v) is 5.96. The minimum Gasteiger partial charge on any atom is -0.382 e. The smallest absolute Gasteiger partial charge is 0.146 e. The van der Waals surface area contributed by atoms with Gasteiger partial charge in [0, 0.05) is 17.1 Å². The number of rotatable bonds is 3. The highest BCUT2D eigenvalue weighted by Crippen LogP contribution is 2.19. The average molecular weight is 238 g/mol. The van der Waals surface area contributed by atoms with Crippen molar-refractivity contribution < 1.29 is 0 Å². The second-order valence-corrected chi connectivity index (χ2v) is 4.31. The van der Waals surface area contributed by atoms with Crippen LogP contribution in [0.25, 0.3) is 10.9 Å². The van der Waals surface area contributed by atoms with E-state index in [9.17, 15) is 0 Å². The first-order chi connectivity index (χ1) is 8.83. The van der Waals surface area contributed by atoms with Crippen LogP contribution in [0.1, 0.15) is 11.3 Å². The number of aromatic nitrogens is 3. The third kappa shape index (κ3) is 2.05. The molecular weight excluding hydrogens is 224 g/mol. The van der Waals surface area contributed by atoms with Crippen LogP contribution >= 0.6 is 0 Å². The third-order valence-corrected chi connectivity index (χ3v) is 3.07. The molecule has 3 aromatic rings. The predicted octanol–water partition coefficient (Wildman–Crippen LogP) is 2.33. The number of nitrogens with zero attached hydrogens (tertiary/aromatic N) is 2. The minimum atomic E-state index is 0.464. The SMILES string of the molecule is Nc1ccc(CCc2c[nH]c3ccccc23)nn1. The van der Waals surface area contributed by atoms with E-state index in [1.54, 1.807) is 6.07 Å². The first kappa shape index (κ1) is 10.8. The number of nitrogens with two attached hydrogens (primary N) is 1. The lowest BCUT2D eigenvalue weighted by molar-refractivity contribution is 0.866. The molecule has 3 rings (SSSR count). The fourth-order valence-corrected chi connectivity index (χ4v) is 2.10. The Morgan fingerprint density at radius 3 is 2.72 bits per heavy atom. The fraction of sp³-hybridized carbons (Fsp3) is 0.143. The van der Waals surface area contributed by atoms with Crippen LogP contribution in [-0.4, -0.2) is 15.2 Å². The quantitative estimate of drug-likeness (QED) is 0.735. The van der Waals surface area contributed by atoms with Gasteiger partial charge in [0.05, 0.1) is 5.69 Å². The topological polar surface area (TPSA) is 67.6 Å². The summed E-state index contributed by atoms with van der Waals surface area (Å²) in [6, 6.07) is 12.0. The van der Waals surface area contributed by atoms with E-state index < -0.39 is 0 Å². The molecule has 3 N–H and O–H groups in total. The lowest BCUT2D eigenvalue weighted by Gasteiger charge is -2.00. The first-order valence-electron chi connectivity index (χ1n) is 5.96. The number of hydrogen-bond acceptors (Lipinski definition) is 3. The molecule has 0 unspecified atom stereocenters. The second-order valence-electron chi connectivity index (χ2n) is 4.31. The Kier molecular flexibility index (Phi) is 2.68. The summed E-state index contributed by atoms with van der Waals surface area (Å²) in [4.78, 5) is 3.28. The number of benzene rings is 1. The number of fused-ring (bicyclic) bond motifs is 1. The normalized spacial score (nSPS) is 10.9. The molecule has 90 valence electrons. The zero-order valence-electron chi connectivity index (χ0n) is 9.93. The highest BCUT2D eigenvalue weighted by molar-refractivity contribution is 5.83. The molecule has 2 aromatic heterocycles. The number of nitrogen functional groups attached to an aromatic ring is 1. The molecule has 0 radical (unpaired) electrons. The van der Waals surface area contributed by atoms with Crippen molar-refractivity contribution in [1.29, 1.82) is 0 Å². The van der Waals surface area contributed by atoms with Gasteiger partial charge in [-0.2, -0.15) is 5.10 Å². The zero-order chi connectivity index (χ0) is 12.4. The molecule has 4 heteroatoms. The number of aryl methyl sites for hydroxylation is 2. The van der Waals surface area contributed by atoms with Crippen molar-refractivity contribution in [2.45, 2.75) is 12.8 Å². The molecule has 18 heavy (non-hydrogen) atoms. The van der Waals surface area contributed by atoms with Crippen molar-refractivity contribution in [3.8, 4) is 0 Å². The Morgan fingerprint density at radius 1 is 1.00 bits per heavy atom. The van der Waals surface area contributed by atoms with Crippen LogP contribution in [0.2, 0.25) is 0 Å². The molecule has 4 nitrogen and oxygen atoms in total. The number of nitrogens with one attached hydrogen (secondary N) is 1. The van der Waals surface area contributed by atoms with Gasteiger partial charge >= 0.3 is 0 Å². The monoisotopic (exact) mass is 238 g/mol. The summed E-state index contributed by atoms with van der Waals surface area (Å²) in [6.45, 7) is 0. The highest BCUT2D eigenvalue weighted by atomic mass is 15.1. The molecule has 0 fully saturated rings. The molecular formula is C14H14N4. The van der Waals surface area contributed by atoms with E-state index in [1.807, 2.05) is 12.1 Å². The van der Waals surface area contributed by atoms with Crippen molar-refractivity contribution in [3.63, 3.8) is 0 Å². The lowest BCUT2D eigenvalue weighted by Crippen LogP contribution is -1.98. The van der Waals surface area contributed by atoms with Crippen molar-refractivity contribution in [2.24, 2.45) is 0 Å². The van der Waals surface area contributed by atoms with Crippen LogP contribution in [0.3, 0.4) is 0 Å². The van der Waals surface area contributed by atoms with Crippen molar-refractivity contribution in [3.05, 3.63) is 53.9 Å². The van der Waals surface area contributed by atoms with E-state index in [1.165, 1.54) is 16.5 Å². The van der Waals surface area contributed by atoms with Crippen LogP contribution in [0.4, 0.5) is 5.82 Å². The van der Waals surface area contributed by atoms with Gasteiger partial charge in [0.2, 0.25) is 0 Å². The Bertz CT molecular complexity index is 655. The largest absolute Gasteiger partial charge is 0.382 e. The summed E-state index contributed by atoms with van der Waals surface area (Å²) in [7, 11) is 0. The second kappa shape index (κ2) is 4.49. The molecule has 0 saturated carbocycles. The van der Waals surface area contributed by atoms with Gasteiger partial charge in [0.25, 0.3) is 0 Å². The Balaban J connectivity index is 1.79. The van der Waals surface area contributed by atoms with E-state index in [0.717, 1.165) is 18.5 Å². The van der Waals surface area contributed by atoms with E-state index >= 15 is 0 Å². The fourth-order valence-electron chi connectivity index (χ4n) is 2.10. The van der Waals surface area contributed by atoms with Crippen LogP contribution in [0.5, 0.6) is 0 Å². The van der Waals surface area contributed by atoms with Gasteiger partial charge in [-0.25, -0.2) is 0 Å². The summed E-state index contributed by atoms with van der Waals surface area (Å²) in [5, 5.41) is 9.21. The summed E-state index contributed by atoms with van der Waals surface area (Å²) < 4.78 is 0. The van der Waals surface area contributed by atoms with Crippen LogP contribution < -0.4 is 5.73 Å². The lowest BCUT2D eigenvalue weighted by atomic mass is 10.1. The minimum absolute atomic E-state index is 0.464.